The summed E-state index contributed by atoms with van der Waals surface area (Å²) in [7, 11) is -2.89. The van der Waals surface area contributed by atoms with Crippen LogP contribution in [0.5, 0.6) is 0 Å². The van der Waals surface area contributed by atoms with E-state index in [2.05, 4.69) is 293 Å². The summed E-state index contributed by atoms with van der Waals surface area (Å²) in [6.45, 7) is 7.10. The molecule has 2 aliphatic rings. The van der Waals surface area contributed by atoms with Crippen molar-refractivity contribution in [1.82, 2.24) is 0 Å². The molecule has 0 unspecified atom stereocenters. The van der Waals surface area contributed by atoms with E-state index >= 15 is 0 Å². The molecule has 1 aliphatic carbocycles. The number of rotatable bonds is 8. The summed E-state index contributed by atoms with van der Waals surface area (Å²) in [4.78, 5) is 2.55. The van der Waals surface area contributed by atoms with Gasteiger partial charge in [0.05, 0.1) is 5.41 Å². The lowest BCUT2D eigenvalue weighted by Crippen LogP contribution is -2.73. The second kappa shape index (κ2) is 16.7. The number of hydrogen-bond donors (Lipinski definition) is 0. The normalized spacial score (nSPS) is 13.8. The van der Waals surface area contributed by atoms with Crippen molar-refractivity contribution in [3.05, 3.63) is 295 Å². The minimum Gasteiger partial charge on any atom is -0.310 e. The Balaban J connectivity index is 1.09. The van der Waals surface area contributed by atoms with Crippen LogP contribution in [0.15, 0.2) is 267 Å². The third-order valence-electron chi connectivity index (χ3n) is 15.5. The number of fused-ring (bicyclic) bond motifs is 7. The van der Waals surface area contributed by atoms with Crippen molar-refractivity contribution in [2.24, 2.45) is 0 Å². The van der Waals surface area contributed by atoms with Gasteiger partial charge in [0.15, 0.2) is 8.07 Å². The third kappa shape index (κ3) is 6.66. The first-order chi connectivity index (χ1) is 34.8. The maximum Gasteiger partial charge on any atom is 0.180 e. The van der Waals surface area contributed by atoms with Gasteiger partial charge in [-0.1, -0.05) is 245 Å². The third-order valence-corrected chi connectivity index (χ3v) is 20.4. The monoisotopic (exact) mass is 923 g/mol. The number of anilines is 3. The average molecular weight is 924 g/mol. The first-order valence-corrected chi connectivity index (χ1v) is 27.0. The second-order valence-electron chi connectivity index (χ2n) is 20.4. The predicted molar refractivity (Wildman–Crippen MR) is 303 cm³/mol. The smallest absolute Gasteiger partial charge is 0.180 e. The molecule has 0 spiro atoms. The molecule has 1 aliphatic heterocycles. The van der Waals surface area contributed by atoms with Crippen LogP contribution in [0.2, 0.25) is 0 Å². The van der Waals surface area contributed by atoms with Crippen LogP contribution < -0.4 is 25.6 Å². The molecule has 0 saturated carbocycles. The molecule has 0 aromatic heterocycles. The van der Waals surface area contributed by atoms with Crippen molar-refractivity contribution >= 4 is 56.7 Å². The minimum absolute atomic E-state index is 0.157. The van der Waals surface area contributed by atoms with Crippen LogP contribution in [0, 0.1) is 0 Å². The SMILES string of the molecule is CC(C)(C)c1cc(N(c2ccc(-c3ccc4ccccc4c3)cc2)c2ccc3c(c2)C(c2ccccc2)(c2ccccc2)c2ccccc2-3)cc([Si]2(c3ccccc3)c3ccccc3-c3ccccc32)c1. The Bertz CT molecular complexity index is 3710. The van der Waals surface area contributed by atoms with Gasteiger partial charge in [0.2, 0.25) is 0 Å². The van der Waals surface area contributed by atoms with Crippen LogP contribution in [0.3, 0.4) is 0 Å². The largest absolute Gasteiger partial charge is 0.310 e. The second-order valence-corrected chi connectivity index (χ2v) is 24.2. The van der Waals surface area contributed by atoms with E-state index in [1.807, 2.05) is 0 Å². The molecule has 1 nitrogen and oxygen atoms in total. The van der Waals surface area contributed by atoms with Gasteiger partial charge in [-0.15, -0.1) is 0 Å². The van der Waals surface area contributed by atoms with Crippen molar-refractivity contribution in [3.8, 4) is 33.4 Å². The fraction of sp³-hybridized carbons (Fsp3) is 0.0725. The lowest BCUT2D eigenvalue weighted by molar-refractivity contribution is 0.591. The summed E-state index contributed by atoms with van der Waals surface area (Å²) in [5, 5.41) is 8.17. The molecule has 0 fully saturated rings. The first kappa shape index (κ1) is 42.8. The number of hydrogen-bond acceptors (Lipinski definition) is 1. The summed E-state index contributed by atoms with van der Waals surface area (Å²) in [6, 6.07) is 101. The van der Waals surface area contributed by atoms with Gasteiger partial charge < -0.3 is 4.90 Å². The molecule has 71 heavy (non-hydrogen) atoms. The highest BCUT2D eigenvalue weighted by Gasteiger charge is 2.50. The molecule has 0 bridgehead atoms. The van der Waals surface area contributed by atoms with Crippen molar-refractivity contribution in [3.63, 3.8) is 0 Å². The van der Waals surface area contributed by atoms with Crippen LogP contribution in [-0.2, 0) is 10.8 Å². The Morgan fingerprint density at radius 3 is 1.51 bits per heavy atom. The molecule has 0 saturated heterocycles. The number of benzene rings is 11. The zero-order valence-electron chi connectivity index (χ0n) is 40.4. The van der Waals surface area contributed by atoms with Gasteiger partial charge in [-0.05, 0) is 141 Å². The fourth-order valence-corrected chi connectivity index (χ4v) is 17.5. The predicted octanol–water partition coefficient (Wildman–Crippen LogP) is 15.0. The Morgan fingerprint density at radius 2 is 0.859 bits per heavy atom. The van der Waals surface area contributed by atoms with Crippen molar-refractivity contribution in [1.29, 1.82) is 0 Å². The van der Waals surface area contributed by atoms with Crippen LogP contribution in [-0.4, -0.2) is 8.07 Å². The summed E-state index contributed by atoms with van der Waals surface area (Å²) >= 11 is 0. The van der Waals surface area contributed by atoms with Crippen LogP contribution in [0.25, 0.3) is 44.2 Å². The minimum atomic E-state index is -2.89. The quantitative estimate of drug-likeness (QED) is 0.137. The maximum absolute atomic E-state index is 2.89. The molecule has 338 valence electrons. The van der Waals surface area contributed by atoms with Crippen LogP contribution >= 0.6 is 0 Å². The summed E-state index contributed by atoms with van der Waals surface area (Å²) in [5.74, 6) is 0. The van der Waals surface area contributed by atoms with Gasteiger partial charge in [-0.3, -0.25) is 0 Å². The van der Waals surface area contributed by atoms with Gasteiger partial charge in [0, 0.05) is 17.1 Å². The van der Waals surface area contributed by atoms with Gasteiger partial charge in [0.1, 0.15) is 0 Å². The molecule has 0 atom stereocenters. The van der Waals surface area contributed by atoms with Gasteiger partial charge in [-0.2, -0.15) is 0 Å². The van der Waals surface area contributed by atoms with E-state index in [0.29, 0.717) is 0 Å². The Morgan fingerprint density at radius 1 is 0.338 bits per heavy atom. The molecular formula is C69H53NSi. The molecular weight excluding hydrogens is 871 g/mol. The molecule has 13 rings (SSSR count). The zero-order chi connectivity index (χ0) is 47.7. The van der Waals surface area contributed by atoms with E-state index in [-0.39, 0.29) is 5.41 Å². The van der Waals surface area contributed by atoms with Crippen LogP contribution in [0.4, 0.5) is 17.1 Å². The van der Waals surface area contributed by atoms with E-state index in [9.17, 15) is 0 Å². The average Bonchev–Trinajstić information content (AvgIpc) is 3.90. The molecule has 0 amide bonds. The fourth-order valence-electron chi connectivity index (χ4n) is 12.3. The Kier molecular flexibility index (Phi) is 10.1. The van der Waals surface area contributed by atoms with Gasteiger partial charge in [0.25, 0.3) is 0 Å². The highest BCUT2D eigenvalue weighted by atomic mass is 28.3. The first-order valence-electron chi connectivity index (χ1n) is 25.0. The van der Waals surface area contributed by atoms with Crippen molar-refractivity contribution in [2.75, 3.05) is 4.90 Å². The van der Waals surface area contributed by atoms with E-state index in [1.165, 1.54) is 92.7 Å². The lowest BCUT2D eigenvalue weighted by atomic mass is 9.67. The highest BCUT2D eigenvalue weighted by molar-refractivity contribution is 7.22. The molecule has 11 aromatic rings. The standard InChI is InChI=1S/C69H53NSi/c1-68(2,3)54-44-57(46-59(45-54)71(58-27-11-6-12-28-58)66-33-19-16-30-62(66)63-31-17-20-34-67(63)71)70(55-39-37-49(38-40-55)51-36-35-48-21-13-14-22-50(48)43-51)56-41-42-61-60-29-15-18-32-64(60)69(65(61)47-56,52-23-7-4-8-24-52)53-25-9-5-10-26-53/h4-47H,1-3H3. The molecule has 0 N–H and O–H groups in total. The van der Waals surface area contributed by atoms with Gasteiger partial charge in [-0.25, -0.2) is 0 Å². The number of nitrogens with zero attached hydrogens (tertiary/aromatic N) is 1. The van der Waals surface area contributed by atoms with E-state index in [0.717, 1.165) is 17.1 Å². The highest BCUT2D eigenvalue weighted by Crippen LogP contribution is 2.57. The van der Waals surface area contributed by atoms with Crippen LogP contribution in [0.1, 0.15) is 48.6 Å². The molecule has 1 heterocycles. The Hall–Kier alpha value is -8.30. The van der Waals surface area contributed by atoms with Gasteiger partial charge >= 0.3 is 0 Å². The van der Waals surface area contributed by atoms with Crippen molar-refractivity contribution in [2.45, 2.75) is 31.6 Å². The van der Waals surface area contributed by atoms with E-state index < -0.39 is 13.5 Å². The maximum atomic E-state index is 2.57. The molecule has 0 radical (unpaired) electrons. The topological polar surface area (TPSA) is 3.24 Å². The lowest BCUT2D eigenvalue weighted by Gasteiger charge is -2.36. The van der Waals surface area contributed by atoms with Crippen molar-refractivity contribution < 1.29 is 0 Å². The van der Waals surface area contributed by atoms with E-state index in [1.54, 1.807) is 0 Å². The summed E-state index contributed by atoms with van der Waals surface area (Å²) in [6.07, 6.45) is 0. The van der Waals surface area contributed by atoms with E-state index in [4.69, 9.17) is 0 Å². The summed E-state index contributed by atoms with van der Waals surface area (Å²) in [5.41, 5.74) is 16.7. The zero-order valence-corrected chi connectivity index (χ0v) is 41.4. The Labute approximate surface area is 419 Å². The summed E-state index contributed by atoms with van der Waals surface area (Å²) < 4.78 is 0. The molecule has 2 heteroatoms. The molecule has 11 aromatic carbocycles.